The van der Waals surface area contributed by atoms with Crippen LogP contribution >= 0.6 is 0 Å². The summed E-state index contributed by atoms with van der Waals surface area (Å²) in [6.45, 7) is 2.32. The first-order chi connectivity index (χ1) is 13.5. The van der Waals surface area contributed by atoms with Gasteiger partial charge in [0.25, 0.3) is 11.4 Å². The molecule has 0 fully saturated rings. The summed E-state index contributed by atoms with van der Waals surface area (Å²) in [4.78, 5) is 28.0. The molecule has 3 aromatic rings. The number of hydrogen-bond acceptors (Lipinski definition) is 6. The molecule has 4 rings (SSSR count). The fraction of sp³-hybridized carbons (Fsp3) is 0.250. The fourth-order valence-corrected chi connectivity index (χ4v) is 3.62. The Kier molecular flexibility index (Phi) is 4.70. The molecule has 0 atom stereocenters. The van der Waals surface area contributed by atoms with Crippen molar-refractivity contribution in [2.45, 2.75) is 19.4 Å². The van der Waals surface area contributed by atoms with E-state index in [1.54, 1.807) is 18.2 Å². The molecule has 0 spiro atoms. The third-order valence-electron chi connectivity index (χ3n) is 5.12. The van der Waals surface area contributed by atoms with Gasteiger partial charge in [0.2, 0.25) is 0 Å². The van der Waals surface area contributed by atoms with E-state index in [1.165, 1.54) is 12.1 Å². The molecule has 0 bridgehead atoms. The van der Waals surface area contributed by atoms with Crippen LogP contribution in [0.5, 0.6) is 0 Å². The molecule has 8 nitrogen and oxygen atoms in total. The smallest absolute Gasteiger partial charge is 0.270 e. The predicted octanol–water partition coefficient (Wildman–Crippen LogP) is 3.65. The van der Waals surface area contributed by atoms with E-state index < -0.39 is 4.92 Å². The van der Waals surface area contributed by atoms with E-state index in [0.29, 0.717) is 6.54 Å². The molecule has 1 aliphatic heterocycles. The molecule has 0 saturated heterocycles. The Labute approximate surface area is 160 Å². The van der Waals surface area contributed by atoms with Crippen LogP contribution < -0.4 is 0 Å². The van der Waals surface area contributed by atoms with E-state index in [1.807, 2.05) is 18.2 Å². The van der Waals surface area contributed by atoms with Gasteiger partial charge in [-0.15, -0.1) is 0 Å². The van der Waals surface area contributed by atoms with Crippen molar-refractivity contribution in [3.8, 4) is 0 Å². The largest absolute Gasteiger partial charge is 0.297 e. The first-order valence-electron chi connectivity index (χ1n) is 9.02. The van der Waals surface area contributed by atoms with Crippen LogP contribution in [0.4, 0.5) is 11.4 Å². The monoisotopic (exact) mass is 378 g/mol. The van der Waals surface area contributed by atoms with Crippen molar-refractivity contribution in [3.63, 3.8) is 0 Å². The maximum atomic E-state index is 11.0. The number of nitro benzene ring substituents is 2. The minimum absolute atomic E-state index is 0.0569. The lowest BCUT2D eigenvalue weighted by Gasteiger charge is -2.19. The van der Waals surface area contributed by atoms with E-state index in [9.17, 15) is 20.2 Å². The molecule has 142 valence electrons. The van der Waals surface area contributed by atoms with Crippen LogP contribution in [0, 0.1) is 20.2 Å². The standard InChI is InChI=1S/C20H18N4O4/c25-23(26)18-4-2-14-7-9-22(10-8-15(14)11-18)13-17-3-1-16-12-19(24(27)28)5-6-20(16)21-17/h1-6,11-12H,7-10,13H2. The first kappa shape index (κ1) is 18.0. The van der Waals surface area contributed by atoms with Gasteiger partial charge in [-0.1, -0.05) is 12.1 Å². The highest BCUT2D eigenvalue weighted by Crippen LogP contribution is 2.23. The number of pyridine rings is 1. The van der Waals surface area contributed by atoms with Crippen LogP contribution in [-0.2, 0) is 19.4 Å². The lowest BCUT2D eigenvalue weighted by atomic mass is 10.0. The van der Waals surface area contributed by atoms with Gasteiger partial charge in [0.05, 0.1) is 21.1 Å². The summed E-state index contributed by atoms with van der Waals surface area (Å²) in [6, 6.07) is 13.5. The zero-order valence-electron chi connectivity index (χ0n) is 15.1. The third-order valence-corrected chi connectivity index (χ3v) is 5.12. The Morgan fingerprint density at radius 2 is 1.54 bits per heavy atom. The van der Waals surface area contributed by atoms with Crippen LogP contribution in [0.2, 0.25) is 0 Å². The van der Waals surface area contributed by atoms with Gasteiger partial charge < -0.3 is 0 Å². The van der Waals surface area contributed by atoms with E-state index >= 15 is 0 Å². The Balaban J connectivity index is 1.49. The van der Waals surface area contributed by atoms with Crippen molar-refractivity contribution in [1.29, 1.82) is 0 Å². The minimum atomic E-state index is -0.410. The summed E-state index contributed by atoms with van der Waals surface area (Å²) in [7, 11) is 0. The Morgan fingerprint density at radius 3 is 2.29 bits per heavy atom. The van der Waals surface area contributed by atoms with Crippen LogP contribution in [0.1, 0.15) is 16.8 Å². The summed E-state index contributed by atoms with van der Waals surface area (Å²) < 4.78 is 0. The van der Waals surface area contributed by atoms with Crippen molar-refractivity contribution in [3.05, 3.63) is 85.6 Å². The van der Waals surface area contributed by atoms with E-state index in [4.69, 9.17) is 0 Å². The number of rotatable bonds is 4. The SMILES string of the molecule is O=[N+]([O-])c1ccc2c(c1)CCN(Cc1ccc3cc([N+](=O)[O-])ccc3n1)CC2. The van der Waals surface area contributed by atoms with E-state index in [-0.39, 0.29) is 16.3 Å². The number of benzene rings is 2. The molecule has 8 heteroatoms. The van der Waals surface area contributed by atoms with Gasteiger partial charge in [-0.05, 0) is 36.1 Å². The highest BCUT2D eigenvalue weighted by atomic mass is 16.6. The highest BCUT2D eigenvalue weighted by molar-refractivity contribution is 5.81. The second kappa shape index (κ2) is 7.32. The van der Waals surface area contributed by atoms with Gasteiger partial charge in [-0.3, -0.25) is 30.1 Å². The molecule has 1 aliphatic rings. The molecule has 0 amide bonds. The summed E-state index contributed by atoms with van der Waals surface area (Å²) >= 11 is 0. The van der Waals surface area contributed by atoms with Crippen molar-refractivity contribution in [2.24, 2.45) is 0 Å². The topological polar surface area (TPSA) is 102 Å². The van der Waals surface area contributed by atoms with Crippen LogP contribution in [0.25, 0.3) is 10.9 Å². The summed E-state index contributed by atoms with van der Waals surface area (Å²) in [5.74, 6) is 0. The summed E-state index contributed by atoms with van der Waals surface area (Å²) in [5, 5.41) is 22.6. The fourth-order valence-electron chi connectivity index (χ4n) is 3.62. The number of fused-ring (bicyclic) bond motifs is 2. The molecule has 0 unspecified atom stereocenters. The number of nitrogens with zero attached hydrogens (tertiary/aromatic N) is 4. The Bertz CT molecular complexity index is 1080. The molecule has 28 heavy (non-hydrogen) atoms. The van der Waals surface area contributed by atoms with Crippen molar-refractivity contribution in [1.82, 2.24) is 9.88 Å². The number of non-ortho nitro benzene ring substituents is 2. The second-order valence-corrected chi connectivity index (χ2v) is 6.92. The van der Waals surface area contributed by atoms with Crippen LogP contribution in [0.3, 0.4) is 0 Å². The Morgan fingerprint density at radius 1 is 0.857 bits per heavy atom. The minimum Gasteiger partial charge on any atom is -0.297 e. The van der Waals surface area contributed by atoms with Gasteiger partial charge in [-0.2, -0.15) is 0 Å². The zero-order chi connectivity index (χ0) is 19.7. The molecule has 0 radical (unpaired) electrons. The number of hydrogen-bond donors (Lipinski definition) is 0. The average molecular weight is 378 g/mol. The molecular formula is C20H18N4O4. The molecule has 0 saturated carbocycles. The van der Waals surface area contributed by atoms with Crippen molar-refractivity contribution >= 4 is 22.3 Å². The number of aromatic nitrogens is 1. The molecule has 1 aromatic heterocycles. The molecular weight excluding hydrogens is 360 g/mol. The van der Waals surface area contributed by atoms with E-state index in [0.717, 1.165) is 53.7 Å². The quantitative estimate of drug-likeness (QED) is 0.507. The predicted molar refractivity (Wildman–Crippen MR) is 104 cm³/mol. The average Bonchev–Trinajstić information content (AvgIpc) is 2.89. The third kappa shape index (κ3) is 3.67. The van der Waals surface area contributed by atoms with Gasteiger partial charge >= 0.3 is 0 Å². The van der Waals surface area contributed by atoms with Crippen LogP contribution in [-0.4, -0.2) is 32.8 Å². The maximum Gasteiger partial charge on any atom is 0.270 e. The molecule has 2 heterocycles. The van der Waals surface area contributed by atoms with Crippen molar-refractivity contribution < 1.29 is 9.85 Å². The first-order valence-corrected chi connectivity index (χ1v) is 9.02. The maximum absolute atomic E-state index is 11.0. The van der Waals surface area contributed by atoms with Gasteiger partial charge in [0.1, 0.15) is 0 Å². The normalized spacial score (nSPS) is 14.4. The Hall–Kier alpha value is -3.39. The summed E-state index contributed by atoms with van der Waals surface area (Å²) in [5.41, 5.74) is 4.02. The van der Waals surface area contributed by atoms with Crippen LogP contribution in [0.15, 0.2) is 48.5 Å². The van der Waals surface area contributed by atoms with Gasteiger partial charge in [0.15, 0.2) is 0 Å². The molecule has 0 N–H and O–H groups in total. The van der Waals surface area contributed by atoms with E-state index in [2.05, 4.69) is 9.88 Å². The molecule has 0 aliphatic carbocycles. The second-order valence-electron chi connectivity index (χ2n) is 6.92. The molecule has 2 aromatic carbocycles. The van der Waals surface area contributed by atoms with Crippen molar-refractivity contribution in [2.75, 3.05) is 13.1 Å². The lowest BCUT2D eigenvalue weighted by Crippen LogP contribution is -2.26. The number of nitro groups is 2. The highest BCUT2D eigenvalue weighted by Gasteiger charge is 2.17. The van der Waals surface area contributed by atoms with Gasteiger partial charge in [-0.25, -0.2) is 0 Å². The zero-order valence-corrected chi connectivity index (χ0v) is 15.1. The lowest BCUT2D eigenvalue weighted by molar-refractivity contribution is -0.385. The van der Waals surface area contributed by atoms with Gasteiger partial charge in [0, 0.05) is 49.3 Å². The summed E-state index contributed by atoms with van der Waals surface area (Å²) in [6.07, 6.45) is 1.60.